The number of nitrogens with zero attached hydrogens (tertiary/aromatic N) is 4. The van der Waals surface area contributed by atoms with Gasteiger partial charge in [0.25, 0.3) is 5.91 Å². The van der Waals surface area contributed by atoms with Gasteiger partial charge in [0, 0.05) is 19.0 Å². The van der Waals surface area contributed by atoms with Crippen molar-refractivity contribution < 1.29 is 4.79 Å². The molecule has 0 aliphatic carbocycles. The van der Waals surface area contributed by atoms with Crippen LogP contribution in [0.5, 0.6) is 0 Å². The minimum Gasteiger partial charge on any atom is -0.343 e. The molecule has 3 N–H and O–H groups in total. The van der Waals surface area contributed by atoms with Crippen molar-refractivity contribution in [3.63, 3.8) is 0 Å². The summed E-state index contributed by atoms with van der Waals surface area (Å²) in [5, 5.41) is 9.17. The number of hydrogen-bond donors (Lipinski definition) is 2. The van der Waals surface area contributed by atoms with Crippen molar-refractivity contribution in [1.82, 2.24) is 25.1 Å². The Morgan fingerprint density at radius 1 is 1.65 bits per heavy atom. The summed E-state index contributed by atoms with van der Waals surface area (Å²) in [5.74, 6) is 0.323. The zero-order valence-electron chi connectivity index (χ0n) is 9.25. The van der Waals surface area contributed by atoms with Crippen LogP contribution in [-0.4, -0.2) is 25.7 Å². The Balaban J connectivity index is 1.93. The molecule has 2 heterocycles. The molecule has 0 atom stereocenters. The first-order valence-electron chi connectivity index (χ1n) is 4.96. The minimum absolute atomic E-state index is 0.242. The van der Waals surface area contributed by atoms with Crippen molar-refractivity contribution in [3.8, 4) is 0 Å². The van der Waals surface area contributed by atoms with Crippen LogP contribution >= 0.6 is 11.3 Å². The van der Waals surface area contributed by atoms with E-state index in [1.165, 1.54) is 11.3 Å². The Morgan fingerprint density at radius 2 is 2.47 bits per heavy atom. The van der Waals surface area contributed by atoms with Crippen molar-refractivity contribution in [2.45, 2.75) is 13.1 Å². The summed E-state index contributed by atoms with van der Waals surface area (Å²) in [6.45, 7) is 0.634. The fourth-order valence-electron chi connectivity index (χ4n) is 1.22. The third-order valence-corrected chi connectivity index (χ3v) is 2.88. The van der Waals surface area contributed by atoms with Crippen LogP contribution in [0.1, 0.15) is 21.3 Å². The van der Waals surface area contributed by atoms with E-state index < -0.39 is 0 Å². The van der Waals surface area contributed by atoms with Crippen molar-refractivity contribution in [1.29, 1.82) is 0 Å². The summed E-state index contributed by atoms with van der Waals surface area (Å²) in [6.07, 6.45) is 1.58. The first-order chi connectivity index (χ1) is 8.19. The van der Waals surface area contributed by atoms with E-state index in [9.17, 15) is 4.79 Å². The zero-order chi connectivity index (χ0) is 12.3. The first-order valence-corrected chi connectivity index (χ1v) is 5.84. The number of rotatable bonds is 4. The average molecular weight is 252 g/mol. The maximum Gasteiger partial charge on any atom is 0.271 e. The molecule has 2 aromatic heterocycles. The number of carbonyl (C=O) groups excluding carboxylic acids is 1. The molecule has 0 aliphatic rings. The highest BCUT2D eigenvalue weighted by Gasteiger charge is 2.10. The SMILES string of the molecule is Cn1cnc(CNC(=O)c2csc(CN)n2)n1. The van der Waals surface area contributed by atoms with Gasteiger partial charge in [-0.05, 0) is 0 Å². The van der Waals surface area contributed by atoms with Gasteiger partial charge in [0.1, 0.15) is 17.0 Å². The maximum absolute atomic E-state index is 11.7. The fraction of sp³-hybridized carbons (Fsp3) is 0.333. The van der Waals surface area contributed by atoms with Crippen LogP contribution in [0.15, 0.2) is 11.7 Å². The van der Waals surface area contributed by atoms with Gasteiger partial charge in [-0.25, -0.2) is 9.97 Å². The Hall–Kier alpha value is -1.80. The van der Waals surface area contributed by atoms with Gasteiger partial charge >= 0.3 is 0 Å². The molecule has 0 saturated carbocycles. The van der Waals surface area contributed by atoms with Crippen molar-refractivity contribution in [3.05, 3.63) is 28.2 Å². The van der Waals surface area contributed by atoms with Crippen LogP contribution in [0.4, 0.5) is 0 Å². The molecule has 0 unspecified atom stereocenters. The predicted octanol–water partition coefficient (Wildman–Crippen LogP) is -0.340. The lowest BCUT2D eigenvalue weighted by molar-refractivity contribution is 0.0945. The predicted molar refractivity (Wildman–Crippen MR) is 62.2 cm³/mol. The summed E-state index contributed by atoms with van der Waals surface area (Å²) < 4.78 is 1.58. The van der Waals surface area contributed by atoms with Crippen molar-refractivity contribution >= 4 is 17.2 Å². The molecule has 0 aromatic carbocycles. The van der Waals surface area contributed by atoms with E-state index in [1.54, 1.807) is 23.4 Å². The van der Waals surface area contributed by atoms with Gasteiger partial charge in [-0.15, -0.1) is 11.3 Å². The van der Waals surface area contributed by atoms with Crippen LogP contribution in [0.2, 0.25) is 0 Å². The summed E-state index contributed by atoms with van der Waals surface area (Å²) in [7, 11) is 1.77. The van der Waals surface area contributed by atoms with Gasteiger partial charge in [0.15, 0.2) is 5.82 Å². The number of aryl methyl sites for hydroxylation is 1. The van der Waals surface area contributed by atoms with E-state index in [1.807, 2.05) is 0 Å². The summed E-state index contributed by atoms with van der Waals surface area (Å²) in [5.41, 5.74) is 5.81. The van der Waals surface area contributed by atoms with Gasteiger partial charge in [-0.1, -0.05) is 0 Å². The van der Waals surface area contributed by atoms with Gasteiger partial charge in [0.05, 0.1) is 6.54 Å². The molecule has 2 rings (SSSR count). The number of nitrogens with one attached hydrogen (secondary N) is 1. The standard InChI is InChI=1S/C9H12N6OS/c1-15-5-12-7(14-15)3-11-9(16)6-4-17-8(2-10)13-6/h4-5H,2-3,10H2,1H3,(H,11,16). The Morgan fingerprint density at radius 3 is 3.06 bits per heavy atom. The fourth-order valence-corrected chi connectivity index (χ4v) is 1.88. The topological polar surface area (TPSA) is 98.7 Å². The normalized spacial score (nSPS) is 10.5. The molecule has 0 bridgehead atoms. The third kappa shape index (κ3) is 2.86. The lowest BCUT2D eigenvalue weighted by Gasteiger charge is -1.98. The Bertz CT molecular complexity index is 519. The number of nitrogens with two attached hydrogens (primary N) is 1. The number of amides is 1. The molecule has 0 fully saturated rings. The average Bonchev–Trinajstić information content (AvgIpc) is 2.94. The summed E-state index contributed by atoms with van der Waals surface area (Å²) in [6, 6.07) is 0. The molecule has 2 aromatic rings. The Labute approximate surface area is 102 Å². The second-order valence-corrected chi connectivity index (χ2v) is 4.29. The molecule has 8 heteroatoms. The largest absolute Gasteiger partial charge is 0.343 e. The number of aromatic nitrogens is 4. The van der Waals surface area contributed by atoms with Gasteiger partial charge < -0.3 is 11.1 Å². The third-order valence-electron chi connectivity index (χ3n) is 2.01. The lowest BCUT2D eigenvalue weighted by atomic mass is 10.4. The van der Waals surface area contributed by atoms with Crippen LogP contribution in [0.25, 0.3) is 0 Å². The quantitative estimate of drug-likeness (QED) is 0.775. The van der Waals surface area contributed by atoms with E-state index in [-0.39, 0.29) is 12.5 Å². The molecule has 0 radical (unpaired) electrons. The molecule has 17 heavy (non-hydrogen) atoms. The lowest BCUT2D eigenvalue weighted by Crippen LogP contribution is -2.24. The highest BCUT2D eigenvalue weighted by Crippen LogP contribution is 2.08. The molecule has 1 amide bonds. The molecule has 7 nitrogen and oxygen atoms in total. The van der Waals surface area contributed by atoms with E-state index in [4.69, 9.17) is 5.73 Å². The molecule has 0 saturated heterocycles. The number of hydrogen-bond acceptors (Lipinski definition) is 6. The molecular formula is C9H12N6OS. The second kappa shape index (κ2) is 5.02. The van der Waals surface area contributed by atoms with Crippen LogP contribution in [-0.2, 0) is 20.1 Å². The number of carbonyl (C=O) groups is 1. The molecular weight excluding hydrogens is 240 g/mol. The maximum atomic E-state index is 11.7. The van der Waals surface area contributed by atoms with E-state index >= 15 is 0 Å². The summed E-state index contributed by atoms with van der Waals surface area (Å²) in [4.78, 5) is 19.8. The first kappa shape index (κ1) is 11.7. The van der Waals surface area contributed by atoms with Crippen molar-refractivity contribution in [2.24, 2.45) is 12.8 Å². The van der Waals surface area contributed by atoms with E-state index in [0.29, 0.717) is 18.1 Å². The van der Waals surface area contributed by atoms with Crippen LogP contribution in [0.3, 0.4) is 0 Å². The monoisotopic (exact) mass is 252 g/mol. The number of thiazole rings is 1. The Kier molecular flexibility index (Phi) is 3.45. The van der Waals surface area contributed by atoms with Gasteiger partial charge in [-0.3, -0.25) is 9.48 Å². The van der Waals surface area contributed by atoms with Gasteiger partial charge in [0.2, 0.25) is 0 Å². The highest BCUT2D eigenvalue weighted by atomic mass is 32.1. The zero-order valence-corrected chi connectivity index (χ0v) is 10.1. The van der Waals surface area contributed by atoms with Gasteiger partial charge in [-0.2, -0.15) is 5.10 Å². The molecule has 90 valence electrons. The molecule has 0 aliphatic heterocycles. The highest BCUT2D eigenvalue weighted by molar-refractivity contribution is 7.09. The van der Waals surface area contributed by atoms with Crippen LogP contribution in [0, 0.1) is 0 Å². The van der Waals surface area contributed by atoms with E-state index in [2.05, 4.69) is 20.4 Å². The molecule has 0 spiro atoms. The minimum atomic E-state index is -0.242. The smallest absolute Gasteiger partial charge is 0.271 e. The van der Waals surface area contributed by atoms with Crippen LogP contribution < -0.4 is 11.1 Å². The van der Waals surface area contributed by atoms with E-state index in [0.717, 1.165) is 5.01 Å². The van der Waals surface area contributed by atoms with Crippen molar-refractivity contribution in [2.75, 3.05) is 0 Å². The summed E-state index contributed by atoms with van der Waals surface area (Å²) >= 11 is 1.37. The second-order valence-electron chi connectivity index (χ2n) is 3.35.